The summed E-state index contributed by atoms with van der Waals surface area (Å²) in [6, 6.07) is 9.02. The molecule has 0 bridgehead atoms. The monoisotopic (exact) mass is 394 g/mol. The summed E-state index contributed by atoms with van der Waals surface area (Å²) >= 11 is 6.89. The Bertz CT molecular complexity index is 964. The van der Waals surface area contributed by atoms with Crippen molar-refractivity contribution in [3.05, 3.63) is 58.1 Å². The number of carbonyl (C=O) groups excluding carboxylic acids is 1. The number of carbonyl (C=O) groups is 2. The third-order valence-corrected chi connectivity index (χ3v) is 4.55. The van der Waals surface area contributed by atoms with Crippen molar-refractivity contribution in [1.29, 1.82) is 0 Å². The smallest absolute Gasteiger partial charge is 0.339 e. The van der Waals surface area contributed by atoms with E-state index >= 15 is 0 Å². The van der Waals surface area contributed by atoms with Gasteiger partial charge in [-0.1, -0.05) is 29.0 Å². The molecule has 0 fully saturated rings. The number of nitrogens with one attached hydrogen (secondary N) is 1. The van der Waals surface area contributed by atoms with E-state index in [-0.39, 0.29) is 27.4 Å². The summed E-state index contributed by atoms with van der Waals surface area (Å²) in [6.45, 7) is 0. The molecule has 8 nitrogen and oxygen atoms in total. The first-order valence-electron chi connectivity index (χ1n) is 7.06. The van der Waals surface area contributed by atoms with Gasteiger partial charge in [-0.3, -0.25) is 15.2 Å². The molecule has 0 aliphatic rings. The summed E-state index contributed by atoms with van der Waals surface area (Å²) in [5.41, 5.74) is 1.01. The normalized spacial score (nSPS) is 10.6. The molecular weight excluding hydrogens is 384 g/mol. The Labute approximate surface area is 155 Å². The molecule has 3 aromatic rings. The van der Waals surface area contributed by atoms with Crippen molar-refractivity contribution in [3.8, 4) is 11.1 Å². The highest BCUT2D eigenvalue weighted by molar-refractivity contribution is 7.15. The number of anilines is 2. The van der Waals surface area contributed by atoms with Gasteiger partial charge in [-0.05, 0) is 23.8 Å². The van der Waals surface area contributed by atoms with Crippen LogP contribution in [0.1, 0.15) is 20.9 Å². The Hall–Kier alpha value is -2.85. The molecule has 1 aromatic carbocycles. The minimum Gasteiger partial charge on any atom is -0.478 e. The van der Waals surface area contributed by atoms with Crippen LogP contribution in [0.25, 0.3) is 11.1 Å². The van der Waals surface area contributed by atoms with E-state index in [2.05, 4.69) is 5.32 Å². The lowest BCUT2D eigenvalue weighted by Crippen LogP contribution is -2.13. The average molecular weight is 395 g/mol. The highest BCUT2D eigenvalue weighted by Gasteiger charge is 2.23. The number of hydrogen-bond donors (Lipinski definition) is 4. The van der Waals surface area contributed by atoms with Crippen LogP contribution in [0.15, 0.2) is 46.2 Å². The predicted molar refractivity (Wildman–Crippen MR) is 94.4 cm³/mol. The standard InChI is InChI=1S/C16H11ClN2O6S/c17-9-3-1-8(2-4-9)10-7-26-15(13(10)16(21)22)18-14(20)11-5-6-12(25-11)19(23)24/h1-7,23-24H,(H,18,20)(H,21,22). The fourth-order valence-corrected chi connectivity index (χ4v) is 3.31. The molecule has 0 saturated carbocycles. The van der Waals surface area contributed by atoms with Gasteiger partial charge in [0, 0.05) is 22.0 Å². The minimum absolute atomic E-state index is 0.0663. The second-order valence-electron chi connectivity index (χ2n) is 5.05. The zero-order valence-corrected chi connectivity index (χ0v) is 14.4. The topological polar surface area (TPSA) is 123 Å². The first-order valence-corrected chi connectivity index (χ1v) is 8.32. The van der Waals surface area contributed by atoms with Crippen molar-refractivity contribution in [2.75, 3.05) is 10.5 Å². The molecule has 0 atom stereocenters. The van der Waals surface area contributed by atoms with E-state index < -0.39 is 11.9 Å². The van der Waals surface area contributed by atoms with E-state index in [1.165, 1.54) is 12.1 Å². The molecule has 0 radical (unpaired) electrons. The Morgan fingerprint density at radius 2 is 1.81 bits per heavy atom. The molecule has 0 saturated heterocycles. The van der Waals surface area contributed by atoms with Crippen LogP contribution in [0, 0.1) is 0 Å². The number of amides is 1. The van der Waals surface area contributed by atoms with Crippen LogP contribution in [-0.2, 0) is 0 Å². The summed E-state index contributed by atoms with van der Waals surface area (Å²) in [4.78, 5) is 23.9. The van der Waals surface area contributed by atoms with Gasteiger partial charge in [-0.25, -0.2) is 4.79 Å². The summed E-state index contributed by atoms with van der Waals surface area (Å²) in [5, 5.41) is 31.7. The van der Waals surface area contributed by atoms with Gasteiger partial charge in [0.05, 0.1) is 0 Å². The summed E-state index contributed by atoms with van der Waals surface area (Å²) < 4.78 is 4.94. The van der Waals surface area contributed by atoms with Crippen LogP contribution in [-0.4, -0.2) is 27.4 Å². The predicted octanol–water partition coefficient (Wildman–Crippen LogP) is 4.20. The molecule has 0 unspecified atom stereocenters. The summed E-state index contributed by atoms with van der Waals surface area (Å²) in [5.74, 6) is -2.51. The highest BCUT2D eigenvalue weighted by atomic mass is 35.5. The molecule has 10 heteroatoms. The molecule has 0 aliphatic heterocycles. The van der Waals surface area contributed by atoms with E-state index in [9.17, 15) is 14.7 Å². The number of furan rings is 1. The third kappa shape index (κ3) is 3.55. The lowest BCUT2D eigenvalue weighted by molar-refractivity contribution is 0.0171. The van der Waals surface area contributed by atoms with Gasteiger partial charge in [0.25, 0.3) is 5.91 Å². The number of nitrogens with zero attached hydrogens (tertiary/aromatic N) is 1. The van der Waals surface area contributed by atoms with E-state index in [4.69, 9.17) is 26.4 Å². The van der Waals surface area contributed by atoms with Crippen LogP contribution >= 0.6 is 22.9 Å². The van der Waals surface area contributed by atoms with E-state index in [1.807, 2.05) is 0 Å². The molecule has 26 heavy (non-hydrogen) atoms. The lowest BCUT2D eigenvalue weighted by atomic mass is 10.0. The minimum atomic E-state index is -1.21. The second kappa shape index (κ2) is 7.18. The fourth-order valence-electron chi connectivity index (χ4n) is 2.23. The SMILES string of the molecule is O=C(Nc1scc(-c2ccc(Cl)cc2)c1C(=O)O)c1ccc(N(O)O)o1. The fraction of sp³-hybridized carbons (Fsp3) is 0. The van der Waals surface area contributed by atoms with Gasteiger partial charge >= 0.3 is 5.97 Å². The van der Waals surface area contributed by atoms with Gasteiger partial charge in [-0.15, -0.1) is 11.3 Å². The third-order valence-electron chi connectivity index (χ3n) is 3.40. The van der Waals surface area contributed by atoms with Crippen molar-refractivity contribution in [2.45, 2.75) is 0 Å². The van der Waals surface area contributed by atoms with Crippen molar-refractivity contribution in [1.82, 2.24) is 0 Å². The average Bonchev–Trinajstić information content (AvgIpc) is 3.22. The number of halogens is 1. The molecule has 0 aliphatic carbocycles. The second-order valence-corrected chi connectivity index (χ2v) is 6.36. The maximum Gasteiger partial charge on any atom is 0.339 e. The molecule has 134 valence electrons. The number of carboxylic acid groups (broad SMARTS) is 1. The van der Waals surface area contributed by atoms with Crippen molar-refractivity contribution in [3.63, 3.8) is 0 Å². The molecular formula is C16H11ClN2O6S. The molecule has 4 N–H and O–H groups in total. The van der Waals surface area contributed by atoms with Crippen molar-refractivity contribution >= 4 is 45.7 Å². The number of thiophene rings is 1. The number of hydrogen-bond acceptors (Lipinski definition) is 7. The molecule has 3 rings (SSSR count). The zero-order chi connectivity index (χ0) is 18.8. The van der Waals surface area contributed by atoms with Crippen molar-refractivity contribution < 1.29 is 29.5 Å². The van der Waals surface area contributed by atoms with Gasteiger partial charge in [0.15, 0.2) is 5.76 Å². The maximum absolute atomic E-state index is 12.2. The summed E-state index contributed by atoms with van der Waals surface area (Å²) in [7, 11) is 0. The van der Waals surface area contributed by atoms with Crippen LogP contribution in [0.5, 0.6) is 0 Å². The van der Waals surface area contributed by atoms with Crippen molar-refractivity contribution in [2.24, 2.45) is 0 Å². The molecule has 0 spiro atoms. The van der Waals surface area contributed by atoms with Gasteiger partial charge in [0.2, 0.25) is 5.88 Å². The van der Waals surface area contributed by atoms with Gasteiger partial charge < -0.3 is 14.8 Å². The van der Waals surface area contributed by atoms with Crippen LogP contribution in [0.4, 0.5) is 10.9 Å². The Morgan fingerprint density at radius 3 is 2.38 bits per heavy atom. The maximum atomic E-state index is 12.2. The van der Waals surface area contributed by atoms with E-state index in [0.29, 0.717) is 16.1 Å². The number of rotatable bonds is 5. The first-order chi connectivity index (χ1) is 12.4. The van der Waals surface area contributed by atoms with Gasteiger partial charge in [0.1, 0.15) is 10.6 Å². The lowest BCUT2D eigenvalue weighted by Gasteiger charge is -2.05. The highest BCUT2D eigenvalue weighted by Crippen LogP contribution is 2.36. The van der Waals surface area contributed by atoms with E-state index in [0.717, 1.165) is 11.3 Å². The molecule has 1 amide bonds. The Balaban J connectivity index is 1.91. The molecule has 2 aromatic heterocycles. The van der Waals surface area contributed by atoms with Crippen LogP contribution in [0.2, 0.25) is 5.02 Å². The number of aromatic carboxylic acids is 1. The Morgan fingerprint density at radius 1 is 1.12 bits per heavy atom. The Kier molecular flexibility index (Phi) is 4.96. The number of benzene rings is 1. The van der Waals surface area contributed by atoms with Crippen LogP contribution < -0.4 is 10.5 Å². The first kappa shape index (κ1) is 18.0. The zero-order valence-electron chi connectivity index (χ0n) is 12.8. The largest absolute Gasteiger partial charge is 0.478 e. The van der Waals surface area contributed by atoms with Gasteiger partial charge in [-0.2, -0.15) is 0 Å². The number of carboxylic acids is 1. The van der Waals surface area contributed by atoms with E-state index in [1.54, 1.807) is 29.6 Å². The quantitative estimate of drug-likeness (QED) is 0.478. The summed E-state index contributed by atoms with van der Waals surface area (Å²) in [6.07, 6.45) is 0. The van der Waals surface area contributed by atoms with Crippen LogP contribution in [0.3, 0.4) is 0 Å². The molecule has 2 heterocycles.